The van der Waals surface area contributed by atoms with Gasteiger partial charge in [-0.1, -0.05) is 24.8 Å². The Balaban J connectivity index is 1.52. The number of nitrogens with two attached hydrogens (primary N) is 1. The molecule has 2 N–H and O–H groups in total. The molecule has 4 rings (SSSR count). The molecule has 31 heavy (non-hydrogen) atoms. The first-order valence-electron chi connectivity index (χ1n) is 10.4. The number of likely N-dealkylation sites (tertiary alicyclic amines) is 1. The summed E-state index contributed by atoms with van der Waals surface area (Å²) in [7, 11) is 0. The zero-order valence-electron chi connectivity index (χ0n) is 17.4. The van der Waals surface area contributed by atoms with Gasteiger partial charge in [-0.05, 0) is 60.9 Å². The van der Waals surface area contributed by atoms with Crippen LogP contribution >= 0.6 is 0 Å². The largest absolute Gasteiger partial charge is 0.457 e. The Bertz CT molecular complexity index is 1030. The maximum atomic E-state index is 12.2. The molecule has 1 atom stereocenters. The van der Waals surface area contributed by atoms with Crippen molar-refractivity contribution in [1.82, 2.24) is 9.80 Å². The van der Waals surface area contributed by atoms with Crippen LogP contribution in [-0.4, -0.2) is 41.1 Å². The maximum Gasteiger partial charge on any atom is 0.246 e. The molecule has 0 unspecified atom stereocenters. The van der Waals surface area contributed by atoms with Crippen LogP contribution in [0.3, 0.4) is 0 Å². The molecule has 158 valence electrons. The molecule has 2 aliphatic heterocycles. The molecule has 0 saturated carbocycles. The van der Waals surface area contributed by atoms with Crippen molar-refractivity contribution in [2.45, 2.75) is 18.9 Å². The summed E-state index contributed by atoms with van der Waals surface area (Å²) >= 11 is 0. The third-order valence-electron chi connectivity index (χ3n) is 5.50. The zero-order chi connectivity index (χ0) is 21.6. The lowest BCUT2D eigenvalue weighted by molar-refractivity contribution is -0.126. The third kappa shape index (κ3) is 4.69. The van der Waals surface area contributed by atoms with Crippen molar-refractivity contribution in [3.8, 4) is 11.5 Å². The summed E-state index contributed by atoms with van der Waals surface area (Å²) in [6.45, 7) is 5.05. The van der Waals surface area contributed by atoms with Crippen molar-refractivity contribution < 1.29 is 9.53 Å². The smallest absolute Gasteiger partial charge is 0.246 e. The summed E-state index contributed by atoms with van der Waals surface area (Å²) in [6, 6.07) is 17.4. The maximum absolute atomic E-state index is 12.2. The summed E-state index contributed by atoms with van der Waals surface area (Å²) in [5.41, 5.74) is 8.86. The first-order valence-corrected chi connectivity index (χ1v) is 10.4. The highest BCUT2D eigenvalue weighted by molar-refractivity contribution is 5.91. The van der Waals surface area contributed by atoms with Crippen LogP contribution in [-0.2, 0) is 4.79 Å². The average Bonchev–Trinajstić information content (AvgIpc) is 3.28. The molecule has 2 aliphatic rings. The van der Waals surface area contributed by atoms with Crippen LogP contribution in [0.25, 0.3) is 5.70 Å². The van der Waals surface area contributed by atoms with Crippen LogP contribution in [0.15, 0.2) is 90.3 Å². The predicted octanol–water partition coefficient (Wildman–Crippen LogP) is 4.14. The highest BCUT2D eigenvalue weighted by atomic mass is 16.5. The van der Waals surface area contributed by atoms with Crippen LogP contribution in [0.1, 0.15) is 18.4 Å². The number of aliphatic imine (C=N–C) groups is 1. The van der Waals surface area contributed by atoms with Crippen molar-refractivity contribution in [2.75, 3.05) is 13.1 Å². The van der Waals surface area contributed by atoms with Crippen molar-refractivity contribution >= 4 is 17.8 Å². The average molecular weight is 415 g/mol. The summed E-state index contributed by atoms with van der Waals surface area (Å²) < 4.78 is 5.86. The van der Waals surface area contributed by atoms with Gasteiger partial charge in [-0.15, -0.1) is 0 Å². The van der Waals surface area contributed by atoms with Crippen molar-refractivity contribution in [2.24, 2.45) is 10.7 Å². The molecule has 0 radical (unpaired) electrons. The van der Waals surface area contributed by atoms with E-state index in [4.69, 9.17) is 10.5 Å². The minimum atomic E-state index is -0.0235. The quantitative estimate of drug-likeness (QED) is 0.721. The Morgan fingerprint density at radius 1 is 1.16 bits per heavy atom. The molecule has 2 heterocycles. The second kappa shape index (κ2) is 9.34. The fourth-order valence-corrected chi connectivity index (χ4v) is 3.91. The minimum absolute atomic E-state index is 0.0235. The van der Waals surface area contributed by atoms with Crippen LogP contribution < -0.4 is 10.5 Å². The van der Waals surface area contributed by atoms with Gasteiger partial charge in [0.25, 0.3) is 0 Å². The molecule has 6 heteroatoms. The lowest BCUT2D eigenvalue weighted by atomic mass is 10.1. The molecule has 2 aromatic rings. The van der Waals surface area contributed by atoms with Crippen molar-refractivity contribution in [1.29, 1.82) is 0 Å². The second-order valence-corrected chi connectivity index (χ2v) is 7.50. The summed E-state index contributed by atoms with van der Waals surface area (Å²) in [4.78, 5) is 20.4. The molecule has 0 bridgehead atoms. The van der Waals surface area contributed by atoms with Gasteiger partial charge in [0.05, 0.1) is 17.6 Å². The van der Waals surface area contributed by atoms with E-state index >= 15 is 0 Å². The number of allylic oxidation sites excluding steroid dienone is 1. The molecule has 1 saturated heterocycles. The molecular weight excluding hydrogens is 388 g/mol. The Kier molecular flexibility index (Phi) is 6.17. The number of carbonyl (C=O) groups excluding carboxylic acids is 1. The first-order chi connectivity index (χ1) is 15.2. The number of nitrogens with zero attached hydrogens (tertiary/aromatic N) is 3. The lowest BCUT2D eigenvalue weighted by Gasteiger charge is -2.31. The van der Waals surface area contributed by atoms with Crippen LogP contribution in [0, 0.1) is 0 Å². The monoisotopic (exact) mass is 414 g/mol. The molecule has 6 nitrogen and oxygen atoms in total. The van der Waals surface area contributed by atoms with Gasteiger partial charge in [0.15, 0.2) is 0 Å². The van der Waals surface area contributed by atoms with E-state index in [1.54, 1.807) is 12.4 Å². The zero-order valence-corrected chi connectivity index (χ0v) is 17.4. The highest BCUT2D eigenvalue weighted by Gasteiger charge is 2.29. The van der Waals surface area contributed by atoms with Crippen LogP contribution in [0.5, 0.6) is 11.5 Å². The normalized spacial score (nSPS) is 19.4. The molecule has 0 spiro atoms. The summed E-state index contributed by atoms with van der Waals surface area (Å²) in [5.74, 6) is 1.50. The van der Waals surface area contributed by atoms with E-state index in [0.29, 0.717) is 12.2 Å². The lowest BCUT2D eigenvalue weighted by Crippen LogP contribution is -2.41. The third-order valence-corrected chi connectivity index (χ3v) is 5.50. The van der Waals surface area contributed by atoms with Gasteiger partial charge in [0.1, 0.15) is 11.5 Å². The van der Waals surface area contributed by atoms with E-state index < -0.39 is 0 Å². The fourth-order valence-electron chi connectivity index (χ4n) is 3.91. The van der Waals surface area contributed by atoms with E-state index in [1.165, 1.54) is 6.08 Å². The number of amides is 1. The minimum Gasteiger partial charge on any atom is -0.457 e. The summed E-state index contributed by atoms with van der Waals surface area (Å²) in [5, 5.41) is 0. The van der Waals surface area contributed by atoms with E-state index in [2.05, 4.69) is 16.5 Å². The first kappa shape index (κ1) is 20.5. The molecule has 2 aromatic carbocycles. The van der Waals surface area contributed by atoms with E-state index in [1.807, 2.05) is 65.7 Å². The summed E-state index contributed by atoms with van der Waals surface area (Å²) in [6.07, 6.45) is 8.74. The van der Waals surface area contributed by atoms with Gasteiger partial charge in [-0.25, -0.2) is 0 Å². The molecule has 0 aliphatic carbocycles. The SMILES string of the molecule is C=CC(=O)N1CCC[C@H]1CN1C=CN=C/C1=C(/N)c1ccc(Oc2ccccc2)cc1. The number of ether oxygens (including phenoxy) is 1. The number of hydrogen-bond acceptors (Lipinski definition) is 5. The second-order valence-electron chi connectivity index (χ2n) is 7.50. The Hall–Kier alpha value is -3.80. The van der Waals surface area contributed by atoms with E-state index in [-0.39, 0.29) is 11.9 Å². The highest BCUT2D eigenvalue weighted by Crippen LogP contribution is 2.26. The Labute approximate surface area is 182 Å². The predicted molar refractivity (Wildman–Crippen MR) is 123 cm³/mol. The molecule has 1 fully saturated rings. The topological polar surface area (TPSA) is 71.2 Å². The molecule has 0 aromatic heterocycles. The van der Waals surface area contributed by atoms with Crippen molar-refractivity contribution in [3.63, 3.8) is 0 Å². The number of rotatable bonds is 6. The van der Waals surface area contributed by atoms with Gasteiger partial charge in [-0.2, -0.15) is 0 Å². The Morgan fingerprint density at radius 3 is 2.65 bits per heavy atom. The molecular formula is C25H26N4O2. The van der Waals surface area contributed by atoms with Crippen molar-refractivity contribution in [3.05, 3.63) is 90.9 Å². The number of carbonyl (C=O) groups is 1. The van der Waals surface area contributed by atoms with E-state index in [9.17, 15) is 4.79 Å². The van der Waals surface area contributed by atoms with Crippen LogP contribution in [0.4, 0.5) is 0 Å². The van der Waals surface area contributed by atoms with Gasteiger partial charge in [0.2, 0.25) is 5.91 Å². The van der Waals surface area contributed by atoms with Gasteiger partial charge in [0, 0.05) is 31.5 Å². The van der Waals surface area contributed by atoms with Gasteiger partial charge < -0.3 is 20.3 Å². The standard InChI is InChI=1S/C25H26N4O2/c1-2-24(30)29-15-6-7-20(29)18-28-16-14-27-17-23(28)25(26)19-10-12-22(13-11-19)31-21-8-4-3-5-9-21/h2-5,8-14,16-17,20H,1,6-7,15,18,26H2/b25-23-/t20-/m0/s1. The number of para-hydroxylation sites is 1. The van der Waals surface area contributed by atoms with Crippen LogP contribution in [0.2, 0.25) is 0 Å². The molecule has 1 amide bonds. The van der Waals surface area contributed by atoms with Gasteiger partial charge >= 0.3 is 0 Å². The fraction of sp³-hybridized carbons (Fsp3) is 0.200. The Morgan fingerprint density at radius 2 is 1.90 bits per heavy atom. The number of benzene rings is 2. The number of hydrogen-bond donors (Lipinski definition) is 1. The van der Waals surface area contributed by atoms with Gasteiger partial charge in [-0.3, -0.25) is 9.79 Å². The van der Waals surface area contributed by atoms with E-state index in [0.717, 1.165) is 42.1 Å².